The van der Waals surface area contributed by atoms with E-state index in [9.17, 15) is 14.4 Å². The summed E-state index contributed by atoms with van der Waals surface area (Å²) in [6.45, 7) is -0.510. The van der Waals surface area contributed by atoms with E-state index in [2.05, 4.69) is 15.4 Å². The molecule has 2 amide bonds. The second-order valence-electron chi connectivity index (χ2n) is 3.92. The molecule has 0 bridgehead atoms. The van der Waals surface area contributed by atoms with Gasteiger partial charge in [-0.25, -0.2) is 4.79 Å². The van der Waals surface area contributed by atoms with E-state index >= 15 is 0 Å². The Labute approximate surface area is 133 Å². The van der Waals surface area contributed by atoms with E-state index in [-0.39, 0.29) is 38.0 Å². The predicted molar refractivity (Wildman–Crippen MR) is 81.9 cm³/mol. The third-order valence-electron chi connectivity index (χ3n) is 2.35. The van der Waals surface area contributed by atoms with Crippen LogP contribution in [0, 0.1) is 0 Å². The van der Waals surface area contributed by atoms with Gasteiger partial charge in [0.25, 0.3) is 0 Å². The first-order chi connectivity index (χ1) is 10.0. The Balaban J connectivity index is 0.00000441. The maximum atomic E-state index is 11.5. The lowest BCUT2D eigenvalue weighted by Crippen LogP contribution is -2.36. The highest BCUT2D eigenvalue weighted by atomic mass is 35.5. The molecule has 0 heterocycles. The Morgan fingerprint density at radius 1 is 1.14 bits per heavy atom. The van der Waals surface area contributed by atoms with Crippen LogP contribution in [0.3, 0.4) is 0 Å². The first-order valence-electron chi connectivity index (χ1n) is 6.11. The third-order valence-corrected chi connectivity index (χ3v) is 2.35. The van der Waals surface area contributed by atoms with Crippen molar-refractivity contribution < 1.29 is 23.9 Å². The van der Waals surface area contributed by atoms with Crippen LogP contribution >= 0.6 is 12.4 Å². The molecule has 0 radical (unpaired) electrons. The van der Waals surface area contributed by atoms with Crippen LogP contribution in [0.15, 0.2) is 24.3 Å². The number of nitrogens with two attached hydrogens (primary N) is 1. The molecule has 0 aromatic heterocycles. The molecule has 0 fully saturated rings. The third kappa shape index (κ3) is 7.46. The SMILES string of the molecule is COC(=O)COc1ccc(NC(=O)CNC(=O)CN)cc1.Cl. The van der Waals surface area contributed by atoms with Crippen molar-refractivity contribution in [2.45, 2.75) is 0 Å². The second kappa shape index (κ2) is 10.4. The van der Waals surface area contributed by atoms with Crippen LogP contribution in [0.2, 0.25) is 0 Å². The number of carbonyl (C=O) groups excluding carboxylic acids is 3. The summed E-state index contributed by atoms with van der Waals surface area (Å²) in [4.78, 5) is 33.3. The molecule has 4 N–H and O–H groups in total. The number of hydrogen-bond acceptors (Lipinski definition) is 6. The van der Waals surface area contributed by atoms with Gasteiger partial charge >= 0.3 is 5.97 Å². The summed E-state index contributed by atoms with van der Waals surface area (Å²) in [5.74, 6) is -0.797. The van der Waals surface area contributed by atoms with Crippen LogP contribution in [0.1, 0.15) is 0 Å². The van der Waals surface area contributed by atoms with Crippen molar-refractivity contribution >= 4 is 35.9 Å². The molecule has 0 aliphatic carbocycles. The van der Waals surface area contributed by atoms with Crippen molar-refractivity contribution in [3.05, 3.63) is 24.3 Å². The van der Waals surface area contributed by atoms with Gasteiger partial charge in [0.15, 0.2) is 6.61 Å². The van der Waals surface area contributed by atoms with Crippen LogP contribution in [0.5, 0.6) is 5.75 Å². The fourth-order valence-electron chi connectivity index (χ4n) is 1.29. The van der Waals surface area contributed by atoms with E-state index < -0.39 is 11.9 Å². The average molecular weight is 332 g/mol. The number of hydrogen-bond donors (Lipinski definition) is 3. The van der Waals surface area contributed by atoms with E-state index in [0.717, 1.165) is 0 Å². The van der Waals surface area contributed by atoms with Gasteiger partial charge in [-0.15, -0.1) is 12.4 Å². The number of amides is 2. The molecule has 8 nitrogen and oxygen atoms in total. The molecule has 0 unspecified atom stereocenters. The maximum Gasteiger partial charge on any atom is 0.343 e. The Bertz CT molecular complexity index is 507. The van der Waals surface area contributed by atoms with Crippen LogP contribution in [-0.4, -0.2) is 44.6 Å². The minimum absolute atomic E-state index is 0. The van der Waals surface area contributed by atoms with Crippen LogP contribution in [-0.2, 0) is 19.1 Å². The summed E-state index contributed by atoms with van der Waals surface area (Å²) in [7, 11) is 1.27. The first kappa shape index (κ1) is 19.7. The van der Waals surface area contributed by atoms with Gasteiger partial charge in [-0.1, -0.05) is 0 Å². The largest absolute Gasteiger partial charge is 0.482 e. The van der Waals surface area contributed by atoms with Crippen molar-refractivity contribution in [2.75, 3.05) is 32.1 Å². The molecule has 1 aromatic rings. The van der Waals surface area contributed by atoms with Crippen molar-refractivity contribution in [3.63, 3.8) is 0 Å². The highest BCUT2D eigenvalue weighted by molar-refractivity contribution is 5.94. The molecular weight excluding hydrogens is 314 g/mol. The summed E-state index contributed by atoms with van der Waals surface area (Å²) >= 11 is 0. The van der Waals surface area contributed by atoms with Crippen molar-refractivity contribution in [3.8, 4) is 5.75 Å². The second-order valence-corrected chi connectivity index (χ2v) is 3.92. The smallest absolute Gasteiger partial charge is 0.343 e. The zero-order chi connectivity index (χ0) is 15.7. The first-order valence-corrected chi connectivity index (χ1v) is 6.11. The number of ether oxygens (including phenoxy) is 2. The van der Waals surface area contributed by atoms with Crippen LogP contribution in [0.4, 0.5) is 5.69 Å². The number of carbonyl (C=O) groups is 3. The van der Waals surface area contributed by atoms with Gasteiger partial charge < -0.3 is 25.8 Å². The van der Waals surface area contributed by atoms with Crippen molar-refractivity contribution in [1.82, 2.24) is 5.32 Å². The molecule has 0 atom stereocenters. The zero-order valence-corrected chi connectivity index (χ0v) is 12.8. The number of anilines is 1. The Kier molecular flexibility index (Phi) is 9.31. The average Bonchev–Trinajstić information content (AvgIpc) is 2.51. The standard InChI is InChI=1S/C13H17N3O5.ClH/c1-20-13(19)8-21-10-4-2-9(3-5-10)16-12(18)7-15-11(17)6-14;/h2-5H,6-8,14H2,1H3,(H,15,17)(H,16,18);1H. The molecule has 0 aliphatic heterocycles. The lowest BCUT2D eigenvalue weighted by atomic mass is 10.3. The summed E-state index contributed by atoms with van der Waals surface area (Å²) in [5, 5.41) is 4.93. The van der Waals surface area contributed by atoms with Gasteiger partial charge in [-0.2, -0.15) is 0 Å². The lowest BCUT2D eigenvalue weighted by Gasteiger charge is -2.08. The molecule has 0 spiro atoms. The van der Waals surface area contributed by atoms with Crippen LogP contribution in [0.25, 0.3) is 0 Å². The van der Waals surface area contributed by atoms with Crippen LogP contribution < -0.4 is 21.1 Å². The normalized spacial score (nSPS) is 9.18. The summed E-state index contributed by atoms with van der Waals surface area (Å²) in [6.07, 6.45) is 0. The van der Waals surface area contributed by atoms with Crippen molar-refractivity contribution in [1.29, 1.82) is 0 Å². The molecular formula is C13H18ClN3O5. The van der Waals surface area contributed by atoms with Crippen molar-refractivity contribution in [2.24, 2.45) is 5.73 Å². The lowest BCUT2D eigenvalue weighted by molar-refractivity contribution is -0.142. The Hall–Kier alpha value is -2.32. The molecule has 122 valence electrons. The number of rotatable bonds is 7. The van der Waals surface area contributed by atoms with Gasteiger partial charge in [0.1, 0.15) is 5.75 Å². The van der Waals surface area contributed by atoms with E-state index in [1.54, 1.807) is 24.3 Å². The quantitative estimate of drug-likeness (QED) is 0.589. The highest BCUT2D eigenvalue weighted by Crippen LogP contribution is 2.15. The summed E-state index contributed by atoms with van der Waals surface area (Å²) < 4.78 is 9.59. The molecule has 1 aromatic carbocycles. The highest BCUT2D eigenvalue weighted by Gasteiger charge is 2.05. The monoisotopic (exact) mass is 331 g/mol. The van der Waals surface area contributed by atoms with Gasteiger partial charge in [-0.05, 0) is 24.3 Å². The topological polar surface area (TPSA) is 120 Å². The number of halogens is 1. The summed E-state index contributed by atoms with van der Waals surface area (Å²) in [6, 6.07) is 6.40. The summed E-state index contributed by atoms with van der Waals surface area (Å²) in [5.41, 5.74) is 5.63. The number of methoxy groups -OCH3 is 1. The molecule has 22 heavy (non-hydrogen) atoms. The minimum atomic E-state index is -0.483. The Morgan fingerprint density at radius 3 is 2.32 bits per heavy atom. The molecule has 0 saturated heterocycles. The number of nitrogens with one attached hydrogen (secondary N) is 2. The maximum absolute atomic E-state index is 11.5. The molecule has 1 rings (SSSR count). The van der Waals surface area contributed by atoms with Gasteiger partial charge in [0.2, 0.25) is 11.8 Å². The van der Waals surface area contributed by atoms with E-state index in [4.69, 9.17) is 10.5 Å². The van der Waals surface area contributed by atoms with E-state index in [0.29, 0.717) is 11.4 Å². The predicted octanol–water partition coefficient (Wildman–Crippen LogP) is -0.326. The fraction of sp³-hybridized carbons (Fsp3) is 0.308. The van der Waals surface area contributed by atoms with Gasteiger partial charge in [-0.3, -0.25) is 9.59 Å². The van der Waals surface area contributed by atoms with Gasteiger partial charge in [0.05, 0.1) is 20.2 Å². The zero-order valence-electron chi connectivity index (χ0n) is 12.0. The van der Waals surface area contributed by atoms with E-state index in [1.165, 1.54) is 7.11 Å². The number of benzene rings is 1. The molecule has 0 saturated carbocycles. The van der Waals surface area contributed by atoms with Gasteiger partial charge in [0, 0.05) is 5.69 Å². The molecule has 0 aliphatic rings. The minimum Gasteiger partial charge on any atom is -0.482 e. The molecule has 9 heteroatoms. The fourth-order valence-corrected chi connectivity index (χ4v) is 1.29. The van der Waals surface area contributed by atoms with E-state index in [1.807, 2.05) is 0 Å². The number of esters is 1. The Morgan fingerprint density at radius 2 is 1.77 bits per heavy atom.